The van der Waals surface area contributed by atoms with Crippen LogP contribution in [0.25, 0.3) is 5.82 Å². The first-order valence-corrected chi connectivity index (χ1v) is 9.95. The summed E-state index contributed by atoms with van der Waals surface area (Å²) in [6.07, 6.45) is 8.49. The fourth-order valence-corrected chi connectivity index (χ4v) is 4.02. The topological polar surface area (TPSA) is 75.9 Å². The third kappa shape index (κ3) is 4.13. The fourth-order valence-electron chi connectivity index (χ4n) is 4.02. The fraction of sp³-hybridized carbons (Fsp3) is 0.364. The molecule has 0 atom stereocenters. The Balaban J connectivity index is 1.40. The summed E-state index contributed by atoms with van der Waals surface area (Å²) >= 11 is 0. The molecule has 4 rings (SSSR count). The largest absolute Gasteiger partial charge is 0.356 e. The summed E-state index contributed by atoms with van der Waals surface area (Å²) < 4.78 is 1.86. The number of imidazole rings is 1. The van der Waals surface area contributed by atoms with E-state index in [9.17, 15) is 4.79 Å². The van der Waals surface area contributed by atoms with E-state index in [4.69, 9.17) is 0 Å². The van der Waals surface area contributed by atoms with Crippen molar-refractivity contribution in [1.29, 1.82) is 0 Å². The van der Waals surface area contributed by atoms with E-state index in [1.165, 1.54) is 5.56 Å². The van der Waals surface area contributed by atoms with Gasteiger partial charge in [0.2, 0.25) is 5.91 Å². The van der Waals surface area contributed by atoms with Crippen LogP contribution in [-0.2, 0) is 4.79 Å². The molecule has 0 radical (unpaired) electrons. The van der Waals surface area contributed by atoms with Gasteiger partial charge in [-0.15, -0.1) is 0 Å². The molecule has 0 unspecified atom stereocenters. The van der Waals surface area contributed by atoms with E-state index < -0.39 is 0 Å². The average molecular weight is 390 g/mol. The van der Waals surface area contributed by atoms with Crippen molar-refractivity contribution in [3.05, 3.63) is 59.9 Å². The summed E-state index contributed by atoms with van der Waals surface area (Å²) in [4.78, 5) is 27.9. The number of aryl methyl sites for hydroxylation is 3. The maximum absolute atomic E-state index is 12.8. The number of nitrogens with zero attached hydrogens (tertiary/aromatic N) is 5. The third-order valence-corrected chi connectivity index (χ3v) is 5.52. The van der Waals surface area contributed by atoms with E-state index in [-0.39, 0.29) is 11.8 Å². The molecule has 0 spiro atoms. The highest BCUT2D eigenvalue weighted by Crippen LogP contribution is 2.26. The molecule has 1 amide bonds. The van der Waals surface area contributed by atoms with Gasteiger partial charge in [-0.3, -0.25) is 9.36 Å². The SMILES string of the molecule is Cc1cc(C)c(NC(=O)C2CCN(c3cc(-n4ccnc4)ncn3)CC2)c(C)c1. The summed E-state index contributed by atoms with van der Waals surface area (Å²) in [5, 5.41) is 3.16. The molecule has 0 bridgehead atoms. The lowest BCUT2D eigenvalue weighted by molar-refractivity contribution is -0.120. The van der Waals surface area contributed by atoms with Crippen molar-refractivity contribution in [3.63, 3.8) is 0 Å². The molecule has 150 valence electrons. The van der Waals surface area contributed by atoms with Crippen LogP contribution >= 0.6 is 0 Å². The van der Waals surface area contributed by atoms with Crippen molar-refractivity contribution in [3.8, 4) is 5.82 Å². The molecular weight excluding hydrogens is 364 g/mol. The zero-order chi connectivity index (χ0) is 20.4. The Kier molecular flexibility index (Phi) is 5.29. The molecule has 3 heterocycles. The molecule has 1 saturated heterocycles. The molecule has 2 aromatic heterocycles. The molecule has 1 aromatic carbocycles. The molecule has 3 aromatic rings. The summed E-state index contributed by atoms with van der Waals surface area (Å²) in [5.41, 5.74) is 4.39. The molecule has 0 saturated carbocycles. The van der Waals surface area contributed by atoms with Crippen LogP contribution in [-0.4, -0.2) is 38.5 Å². The van der Waals surface area contributed by atoms with Gasteiger partial charge in [-0.25, -0.2) is 15.0 Å². The van der Waals surface area contributed by atoms with Crippen LogP contribution in [0.15, 0.2) is 43.2 Å². The predicted octanol–water partition coefficient (Wildman–Crippen LogP) is 3.44. The van der Waals surface area contributed by atoms with Gasteiger partial charge >= 0.3 is 0 Å². The standard InChI is InChI=1S/C22H26N6O/c1-15-10-16(2)21(17(3)11-15)26-22(29)18-4-7-27(8-5-18)19-12-20(25-13-24-19)28-9-6-23-14-28/h6,9-14,18H,4-5,7-8H2,1-3H3,(H,26,29). The molecular formula is C22H26N6O. The minimum atomic E-state index is 0.0151. The lowest BCUT2D eigenvalue weighted by atomic mass is 9.95. The number of piperidine rings is 1. The van der Waals surface area contributed by atoms with E-state index in [0.29, 0.717) is 0 Å². The van der Waals surface area contributed by atoms with Gasteiger partial charge in [-0.05, 0) is 44.7 Å². The predicted molar refractivity (Wildman–Crippen MR) is 113 cm³/mol. The van der Waals surface area contributed by atoms with Crippen molar-refractivity contribution in [2.24, 2.45) is 5.92 Å². The molecule has 1 fully saturated rings. The number of carbonyl (C=O) groups excluding carboxylic acids is 1. The van der Waals surface area contributed by atoms with Crippen LogP contribution in [0, 0.1) is 26.7 Å². The maximum atomic E-state index is 12.8. The summed E-state index contributed by atoms with van der Waals surface area (Å²) in [7, 11) is 0. The number of rotatable bonds is 4. The first-order valence-electron chi connectivity index (χ1n) is 9.95. The highest BCUT2D eigenvalue weighted by atomic mass is 16.1. The van der Waals surface area contributed by atoms with Crippen LogP contribution in [0.5, 0.6) is 0 Å². The van der Waals surface area contributed by atoms with Crippen LogP contribution in [0.1, 0.15) is 29.5 Å². The molecule has 7 nitrogen and oxygen atoms in total. The number of anilines is 2. The smallest absolute Gasteiger partial charge is 0.227 e. The van der Waals surface area contributed by atoms with E-state index in [0.717, 1.165) is 54.4 Å². The number of benzene rings is 1. The summed E-state index contributed by atoms with van der Waals surface area (Å²) in [5.74, 6) is 1.80. The van der Waals surface area contributed by atoms with Crippen molar-refractivity contribution >= 4 is 17.4 Å². The van der Waals surface area contributed by atoms with E-state index in [1.54, 1.807) is 18.9 Å². The molecule has 1 aliphatic heterocycles. The minimum Gasteiger partial charge on any atom is -0.356 e. The Labute approximate surface area is 170 Å². The van der Waals surface area contributed by atoms with Gasteiger partial charge in [0.1, 0.15) is 24.3 Å². The highest BCUT2D eigenvalue weighted by molar-refractivity contribution is 5.94. The normalized spacial score (nSPS) is 14.8. The van der Waals surface area contributed by atoms with Crippen LogP contribution in [0.4, 0.5) is 11.5 Å². The lowest BCUT2D eigenvalue weighted by Crippen LogP contribution is -2.38. The van der Waals surface area contributed by atoms with Gasteiger partial charge in [-0.2, -0.15) is 0 Å². The van der Waals surface area contributed by atoms with Gasteiger partial charge in [-0.1, -0.05) is 17.7 Å². The summed E-state index contributed by atoms with van der Waals surface area (Å²) in [6, 6.07) is 6.18. The zero-order valence-electron chi connectivity index (χ0n) is 17.1. The van der Waals surface area contributed by atoms with Crippen LogP contribution in [0.2, 0.25) is 0 Å². The molecule has 29 heavy (non-hydrogen) atoms. The van der Waals surface area contributed by atoms with Crippen LogP contribution < -0.4 is 10.2 Å². The average Bonchev–Trinajstić information content (AvgIpc) is 3.26. The minimum absolute atomic E-state index is 0.0151. The van der Waals surface area contributed by atoms with Crippen molar-refractivity contribution in [1.82, 2.24) is 19.5 Å². The Bertz CT molecular complexity index is 983. The van der Waals surface area contributed by atoms with Gasteiger partial charge in [0.15, 0.2) is 0 Å². The maximum Gasteiger partial charge on any atom is 0.227 e. The Morgan fingerprint density at radius 2 is 1.72 bits per heavy atom. The monoisotopic (exact) mass is 390 g/mol. The Morgan fingerprint density at radius 1 is 1.03 bits per heavy atom. The second-order valence-corrected chi connectivity index (χ2v) is 7.73. The first kappa shape index (κ1) is 19.1. The van der Waals surface area contributed by atoms with E-state index >= 15 is 0 Å². The highest BCUT2D eigenvalue weighted by Gasteiger charge is 2.26. The van der Waals surface area contributed by atoms with Crippen molar-refractivity contribution in [2.75, 3.05) is 23.3 Å². The molecule has 7 heteroatoms. The lowest BCUT2D eigenvalue weighted by Gasteiger charge is -2.32. The number of nitrogens with one attached hydrogen (secondary N) is 1. The zero-order valence-corrected chi connectivity index (χ0v) is 17.1. The number of amides is 1. The van der Waals surface area contributed by atoms with Crippen LogP contribution in [0.3, 0.4) is 0 Å². The van der Waals surface area contributed by atoms with Gasteiger partial charge < -0.3 is 10.2 Å². The first-order chi connectivity index (χ1) is 14.0. The number of hydrogen-bond acceptors (Lipinski definition) is 5. The quantitative estimate of drug-likeness (QED) is 0.738. The Morgan fingerprint density at radius 3 is 2.38 bits per heavy atom. The second kappa shape index (κ2) is 8.03. The molecule has 1 aliphatic rings. The number of aromatic nitrogens is 4. The number of hydrogen-bond donors (Lipinski definition) is 1. The van der Waals surface area contributed by atoms with E-state index in [2.05, 4.69) is 44.2 Å². The van der Waals surface area contributed by atoms with Gasteiger partial charge in [0.25, 0.3) is 0 Å². The van der Waals surface area contributed by atoms with Crippen molar-refractivity contribution in [2.45, 2.75) is 33.6 Å². The van der Waals surface area contributed by atoms with Gasteiger partial charge in [0, 0.05) is 43.2 Å². The molecule has 1 N–H and O–H groups in total. The second-order valence-electron chi connectivity index (χ2n) is 7.73. The van der Waals surface area contributed by atoms with E-state index in [1.807, 2.05) is 30.7 Å². The Hall–Kier alpha value is -3.22. The molecule has 0 aliphatic carbocycles. The number of carbonyl (C=O) groups is 1. The summed E-state index contributed by atoms with van der Waals surface area (Å²) in [6.45, 7) is 7.76. The van der Waals surface area contributed by atoms with Gasteiger partial charge in [0.05, 0.1) is 0 Å². The third-order valence-electron chi connectivity index (χ3n) is 5.52. The van der Waals surface area contributed by atoms with Crippen molar-refractivity contribution < 1.29 is 4.79 Å².